The summed E-state index contributed by atoms with van der Waals surface area (Å²) in [5.74, 6) is 0.0344. The van der Waals surface area contributed by atoms with Crippen molar-refractivity contribution in [2.75, 3.05) is 5.43 Å². The van der Waals surface area contributed by atoms with E-state index in [0.717, 1.165) is 0 Å². The predicted octanol–water partition coefficient (Wildman–Crippen LogP) is -0.174. The number of aromatic nitrogens is 4. The lowest BCUT2D eigenvalue weighted by Gasteiger charge is -1.88. The van der Waals surface area contributed by atoms with E-state index in [1.54, 1.807) is 0 Å². The van der Waals surface area contributed by atoms with Crippen molar-refractivity contribution in [2.45, 2.75) is 0 Å². The van der Waals surface area contributed by atoms with Crippen LogP contribution < -0.4 is 11.0 Å². The second kappa shape index (κ2) is 2.56. The maximum atomic E-state index is 11.2. The number of anilines is 1. The highest BCUT2D eigenvalue weighted by Crippen LogP contribution is 2.01. The van der Waals surface area contributed by atoms with Gasteiger partial charge in [-0.1, -0.05) is 0 Å². The first-order chi connectivity index (χ1) is 6.31. The van der Waals surface area contributed by atoms with Crippen LogP contribution in [0, 0.1) is 5.39 Å². The fourth-order valence-electron chi connectivity index (χ4n) is 0.943. The summed E-state index contributed by atoms with van der Waals surface area (Å²) in [6.45, 7) is 0. The summed E-state index contributed by atoms with van der Waals surface area (Å²) < 4.78 is 0. The normalized spacial score (nSPS) is 9.77. The molecule has 2 aromatic heterocycles. The lowest BCUT2D eigenvalue weighted by molar-refractivity contribution is 1.14. The molecule has 8 heteroatoms. The van der Waals surface area contributed by atoms with E-state index in [4.69, 9.17) is 5.39 Å². The predicted molar refractivity (Wildman–Crippen MR) is 43.2 cm³/mol. The van der Waals surface area contributed by atoms with Crippen LogP contribution in [0.15, 0.2) is 11.1 Å². The number of hydrogen-bond acceptors (Lipinski definition) is 5. The number of nitrogens with one attached hydrogen (secondary N) is 3. The van der Waals surface area contributed by atoms with Crippen molar-refractivity contribution in [3.05, 3.63) is 21.8 Å². The Kier molecular flexibility index (Phi) is 1.42. The van der Waals surface area contributed by atoms with Gasteiger partial charge >= 0.3 is 5.08 Å². The maximum absolute atomic E-state index is 11.2. The van der Waals surface area contributed by atoms with E-state index < -0.39 is 0 Å². The molecule has 0 atom stereocenters. The van der Waals surface area contributed by atoms with Gasteiger partial charge in [0.05, 0.1) is 6.33 Å². The largest absolute Gasteiger partial charge is 0.339 e. The Morgan fingerprint density at radius 3 is 3.23 bits per heavy atom. The van der Waals surface area contributed by atoms with Gasteiger partial charge in [-0.05, 0) is 0 Å². The summed E-state index contributed by atoms with van der Waals surface area (Å²) in [5.41, 5.74) is 2.25. The number of hydrogen-bond donors (Lipinski definition) is 3. The molecule has 2 aromatic rings. The molecule has 2 rings (SSSR count). The summed E-state index contributed by atoms with van der Waals surface area (Å²) in [6.07, 6.45) is 1.35. The highest BCUT2D eigenvalue weighted by Gasteiger charge is 2.07. The third-order valence-electron chi connectivity index (χ3n) is 1.45. The summed E-state index contributed by atoms with van der Waals surface area (Å²) in [4.78, 5) is 23.8. The minimum Gasteiger partial charge on any atom is -0.339 e. The number of rotatable bonds is 1. The first kappa shape index (κ1) is 7.23. The molecule has 2 heterocycles. The van der Waals surface area contributed by atoms with Gasteiger partial charge in [0.15, 0.2) is 11.2 Å². The summed E-state index contributed by atoms with van der Waals surface area (Å²) in [5, 5.41) is 10.8. The minimum absolute atomic E-state index is 0.0344. The van der Waals surface area contributed by atoms with E-state index in [1.165, 1.54) is 6.33 Å². The quantitative estimate of drug-likeness (QED) is 0.414. The molecule has 0 aliphatic carbocycles. The van der Waals surface area contributed by atoms with Crippen molar-refractivity contribution >= 4 is 17.1 Å². The van der Waals surface area contributed by atoms with Crippen molar-refractivity contribution in [1.29, 1.82) is 5.39 Å². The number of diazo groups is 1. The van der Waals surface area contributed by atoms with Gasteiger partial charge in [-0.15, -0.1) is 0 Å². The topological polar surface area (TPSA) is 115 Å². The van der Waals surface area contributed by atoms with Gasteiger partial charge in [0.1, 0.15) is 0 Å². The van der Waals surface area contributed by atoms with E-state index in [0.29, 0.717) is 0 Å². The minimum atomic E-state index is -0.381. The molecule has 0 amide bonds. The van der Waals surface area contributed by atoms with Crippen molar-refractivity contribution in [3.8, 4) is 0 Å². The van der Waals surface area contributed by atoms with E-state index in [9.17, 15) is 4.79 Å². The van der Waals surface area contributed by atoms with Crippen molar-refractivity contribution < 1.29 is 0 Å². The van der Waals surface area contributed by atoms with E-state index in [-0.39, 0.29) is 22.7 Å². The molecule has 0 fully saturated rings. The van der Waals surface area contributed by atoms with Crippen molar-refractivity contribution in [2.24, 2.45) is 0 Å². The first-order valence-corrected chi connectivity index (χ1v) is 3.35. The van der Waals surface area contributed by atoms with Gasteiger partial charge < -0.3 is 4.98 Å². The van der Waals surface area contributed by atoms with Crippen LogP contribution >= 0.6 is 0 Å². The monoisotopic (exact) mass is 178 g/mol. The Morgan fingerprint density at radius 2 is 2.46 bits per heavy atom. The van der Waals surface area contributed by atoms with Crippen LogP contribution in [-0.2, 0) is 0 Å². The molecule has 8 nitrogen and oxygen atoms in total. The summed E-state index contributed by atoms with van der Waals surface area (Å²) >= 11 is 0. The molecule has 0 radical (unpaired) electrons. The number of fused-ring (bicyclic) bond motifs is 1. The Hall–Kier alpha value is -2.43. The van der Waals surface area contributed by atoms with Crippen LogP contribution in [0.5, 0.6) is 0 Å². The van der Waals surface area contributed by atoms with Crippen LogP contribution in [-0.4, -0.2) is 19.9 Å². The second-order valence-corrected chi connectivity index (χ2v) is 2.23. The fourth-order valence-corrected chi connectivity index (χ4v) is 0.943. The van der Waals surface area contributed by atoms with E-state index in [1.807, 2.05) is 0 Å². The summed E-state index contributed by atoms with van der Waals surface area (Å²) in [7, 11) is 0. The van der Waals surface area contributed by atoms with Crippen molar-refractivity contribution in [1.82, 2.24) is 19.9 Å². The molecule has 13 heavy (non-hydrogen) atoms. The van der Waals surface area contributed by atoms with Gasteiger partial charge in [-0.25, -0.2) is 4.98 Å². The molecule has 0 spiro atoms. The molecule has 0 aliphatic rings. The average molecular weight is 178 g/mol. The molecule has 0 bridgehead atoms. The lowest BCUT2D eigenvalue weighted by atomic mass is 10.5. The van der Waals surface area contributed by atoms with Crippen LogP contribution in [0.25, 0.3) is 16.2 Å². The second-order valence-electron chi connectivity index (χ2n) is 2.23. The molecule has 0 aromatic carbocycles. The highest BCUT2D eigenvalue weighted by atomic mass is 16.1. The summed E-state index contributed by atoms with van der Waals surface area (Å²) in [6, 6.07) is 0. The number of imidazole rings is 1. The maximum Gasteiger partial charge on any atom is 0.311 e. The Morgan fingerprint density at radius 1 is 1.62 bits per heavy atom. The fraction of sp³-hybridized carbons (Fsp3) is 0. The molecule has 0 unspecified atom stereocenters. The number of nitrogens with zero attached hydrogens (tertiary/aromatic N) is 4. The zero-order valence-electron chi connectivity index (χ0n) is 6.27. The first-order valence-electron chi connectivity index (χ1n) is 3.35. The number of aromatic amines is 2. The van der Waals surface area contributed by atoms with Gasteiger partial charge in [0, 0.05) is 5.43 Å². The average Bonchev–Trinajstić information content (AvgIpc) is 2.53. The SMILES string of the molecule is N#[N+]Nc1nc2nc[nH]c2c(=O)[nH]1. The molecule has 0 saturated heterocycles. The molecule has 0 aliphatic heterocycles. The highest BCUT2D eigenvalue weighted by molar-refractivity contribution is 5.69. The Bertz CT molecular complexity index is 532. The Labute approximate surface area is 70.6 Å². The van der Waals surface area contributed by atoms with Crippen molar-refractivity contribution in [3.63, 3.8) is 0 Å². The van der Waals surface area contributed by atoms with Crippen LogP contribution in [0.3, 0.4) is 0 Å². The van der Waals surface area contributed by atoms with Gasteiger partial charge in [0.2, 0.25) is 0 Å². The molecular formula is C5H4N7O+. The van der Waals surface area contributed by atoms with E-state index in [2.05, 4.69) is 30.4 Å². The van der Waals surface area contributed by atoms with Gasteiger partial charge in [0.25, 0.3) is 16.9 Å². The third-order valence-corrected chi connectivity index (χ3v) is 1.45. The molecule has 64 valence electrons. The van der Waals surface area contributed by atoms with Gasteiger partial charge in [-0.3, -0.25) is 9.78 Å². The van der Waals surface area contributed by atoms with Gasteiger partial charge in [-0.2, -0.15) is 4.98 Å². The van der Waals surface area contributed by atoms with Crippen LogP contribution in [0.1, 0.15) is 0 Å². The zero-order valence-corrected chi connectivity index (χ0v) is 6.27. The van der Waals surface area contributed by atoms with Crippen LogP contribution in [0.2, 0.25) is 0 Å². The standard InChI is InChI=1S/C5H3N7O/c6-12-11-5-9-3-2(4(13)10-5)7-1-8-3/h1,6H,(H,10,11,13)/p+1. The number of H-pyrrole nitrogens is 2. The molecular weight excluding hydrogens is 174 g/mol. The van der Waals surface area contributed by atoms with Crippen LogP contribution in [0.4, 0.5) is 5.95 Å². The third kappa shape index (κ3) is 1.08. The zero-order chi connectivity index (χ0) is 9.26. The molecule has 3 N–H and O–H groups in total. The van der Waals surface area contributed by atoms with E-state index >= 15 is 0 Å². The smallest absolute Gasteiger partial charge is 0.311 e. The molecule has 0 saturated carbocycles. The Balaban J connectivity index is 2.72. The lowest BCUT2D eigenvalue weighted by Crippen LogP contribution is -2.10.